The second-order valence-corrected chi connectivity index (χ2v) is 4.00. The second kappa shape index (κ2) is 4.79. The molecule has 2 aromatic rings. The minimum Gasteiger partial charge on any atom is -0.440 e. The van der Waals surface area contributed by atoms with Gasteiger partial charge < -0.3 is 4.42 Å². The Hall–Kier alpha value is -2.15. The van der Waals surface area contributed by atoms with Gasteiger partial charge >= 0.3 is 0 Å². The van der Waals surface area contributed by atoms with Crippen LogP contribution in [0.1, 0.15) is 10.4 Å². The van der Waals surface area contributed by atoms with Crippen LogP contribution >= 0.6 is 11.8 Å². The van der Waals surface area contributed by atoms with E-state index in [-0.39, 0.29) is 11.3 Å². The highest BCUT2D eigenvalue weighted by Gasteiger charge is 2.17. The summed E-state index contributed by atoms with van der Waals surface area (Å²) in [5.74, 6) is 0. The van der Waals surface area contributed by atoms with Gasteiger partial charge in [-0.2, -0.15) is 0 Å². The molecule has 0 atom stereocenters. The maximum atomic E-state index is 10.8. The second-order valence-electron chi connectivity index (χ2n) is 3.00. The molecule has 1 heterocycles. The number of oxazole rings is 1. The van der Waals surface area contributed by atoms with Gasteiger partial charge in [0, 0.05) is 11.6 Å². The first kappa shape index (κ1) is 11.3. The Labute approximate surface area is 99.8 Å². The lowest BCUT2D eigenvalue weighted by Gasteiger charge is -2.00. The first-order valence-electron chi connectivity index (χ1n) is 4.51. The third-order valence-corrected chi connectivity index (χ3v) is 2.86. The molecular weight excluding hydrogens is 244 g/mol. The van der Waals surface area contributed by atoms with Gasteiger partial charge in [-0.1, -0.05) is 6.07 Å². The Morgan fingerprint density at radius 2 is 2.29 bits per heavy atom. The zero-order valence-electron chi connectivity index (χ0n) is 8.40. The summed E-state index contributed by atoms with van der Waals surface area (Å²) in [5.41, 5.74) is 0.117. The third kappa shape index (κ3) is 2.51. The van der Waals surface area contributed by atoms with Crippen LogP contribution < -0.4 is 0 Å². The lowest BCUT2D eigenvalue weighted by molar-refractivity contribution is -0.387. The average Bonchev–Trinajstić information content (AvgIpc) is 2.82. The maximum Gasteiger partial charge on any atom is 0.284 e. The fraction of sp³-hybridized carbons (Fsp3) is 0. The van der Waals surface area contributed by atoms with E-state index >= 15 is 0 Å². The van der Waals surface area contributed by atoms with E-state index in [1.54, 1.807) is 0 Å². The number of hydrogen-bond donors (Lipinski definition) is 0. The summed E-state index contributed by atoms with van der Waals surface area (Å²) in [6.07, 6.45) is 3.40. The standard InChI is InChI=1S/C10H6N2O4S/c13-6-7-1-2-9(8(5-7)12(14)15)17-10-11-3-4-16-10/h1-6H. The van der Waals surface area contributed by atoms with Gasteiger partial charge in [0.2, 0.25) is 0 Å². The minimum atomic E-state index is -0.543. The lowest BCUT2D eigenvalue weighted by Crippen LogP contribution is -1.92. The van der Waals surface area contributed by atoms with E-state index in [9.17, 15) is 14.9 Å². The van der Waals surface area contributed by atoms with Crippen LogP contribution in [0.4, 0.5) is 5.69 Å². The van der Waals surface area contributed by atoms with Gasteiger partial charge in [-0.15, -0.1) is 0 Å². The van der Waals surface area contributed by atoms with Crippen LogP contribution in [0.2, 0.25) is 0 Å². The highest BCUT2D eigenvalue weighted by atomic mass is 32.2. The smallest absolute Gasteiger partial charge is 0.284 e. The summed E-state index contributed by atoms with van der Waals surface area (Å²) >= 11 is 1.03. The van der Waals surface area contributed by atoms with Crippen molar-refractivity contribution in [2.24, 2.45) is 0 Å². The normalized spacial score (nSPS) is 10.1. The zero-order valence-corrected chi connectivity index (χ0v) is 9.22. The Morgan fingerprint density at radius 1 is 1.47 bits per heavy atom. The van der Waals surface area contributed by atoms with Gasteiger partial charge in [0.05, 0.1) is 16.0 Å². The molecule has 0 fully saturated rings. The van der Waals surface area contributed by atoms with E-state index in [0.29, 0.717) is 16.4 Å². The van der Waals surface area contributed by atoms with Crippen molar-refractivity contribution in [3.63, 3.8) is 0 Å². The van der Waals surface area contributed by atoms with Crippen LogP contribution in [-0.4, -0.2) is 16.2 Å². The van der Waals surface area contributed by atoms with Gasteiger partial charge in [-0.25, -0.2) is 4.98 Å². The molecule has 7 heteroatoms. The summed E-state index contributed by atoms with van der Waals surface area (Å²) in [6.45, 7) is 0. The fourth-order valence-electron chi connectivity index (χ4n) is 1.19. The van der Waals surface area contributed by atoms with Crippen LogP contribution in [0.3, 0.4) is 0 Å². The summed E-state index contributed by atoms with van der Waals surface area (Å²) in [4.78, 5) is 25.1. The molecule has 0 aliphatic carbocycles. The number of nitrogens with zero attached hydrogens (tertiary/aromatic N) is 2. The Morgan fingerprint density at radius 3 is 2.88 bits per heavy atom. The van der Waals surface area contributed by atoms with Gasteiger partial charge in [0.1, 0.15) is 12.5 Å². The molecular formula is C10H6N2O4S. The van der Waals surface area contributed by atoms with Crippen molar-refractivity contribution in [1.82, 2.24) is 4.98 Å². The number of hydrogen-bond acceptors (Lipinski definition) is 6. The molecule has 0 saturated heterocycles. The highest BCUT2D eigenvalue weighted by Crippen LogP contribution is 2.34. The van der Waals surface area contributed by atoms with E-state index in [2.05, 4.69) is 4.98 Å². The molecule has 0 bridgehead atoms. The summed E-state index contributed by atoms with van der Waals surface area (Å²) in [5, 5.41) is 11.2. The van der Waals surface area contributed by atoms with Crippen molar-refractivity contribution in [2.45, 2.75) is 10.1 Å². The molecule has 86 valence electrons. The van der Waals surface area contributed by atoms with Crippen molar-refractivity contribution in [1.29, 1.82) is 0 Å². The van der Waals surface area contributed by atoms with Crippen molar-refractivity contribution in [2.75, 3.05) is 0 Å². The zero-order chi connectivity index (χ0) is 12.3. The SMILES string of the molecule is O=Cc1ccc(Sc2ncco2)c([N+](=O)[O-])c1. The van der Waals surface area contributed by atoms with Crippen LogP contribution in [0.15, 0.2) is 45.2 Å². The van der Waals surface area contributed by atoms with Gasteiger partial charge in [0.25, 0.3) is 10.9 Å². The van der Waals surface area contributed by atoms with Crippen LogP contribution in [0, 0.1) is 10.1 Å². The van der Waals surface area contributed by atoms with E-state index in [4.69, 9.17) is 4.42 Å². The molecule has 0 amide bonds. The summed E-state index contributed by atoms with van der Waals surface area (Å²) in [7, 11) is 0. The molecule has 2 rings (SSSR count). The van der Waals surface area contributed by atoms with Crippen LogP contribution in [0.5, 0.6) is 0 Å². The Kier molecular flexibility index (Phi) is 3.20. The number of nitro benzene ring substituents is 1. The number of aromatic nitrogens is 1. The largest absolute Gasteiger partial charge is 0.440 e. The van der Waals surface area contributed by atoms with E-state index in [1.807, 2.05) is 0 Å². The Balaban J connectivity index is 2.39. The molecule has 1 aromatic heterocycles. The average molecular weight is 250 g/mol. The molecule has 0 spiro atoms. The van der Waals surface area contributed by atoms with Crippen LogP contribution in [0.25, 0.3) is 0 Å². The number of carbonyl (C=O) groups is 1. The van der Waals surface area contributed by atoms with Gasteiger partial charge in [-0.3, -0.25) is 14.9 Å². The molecule has 17 heavy (non-hydrogen) atoms. The molecule has 6 nitrogen and oxygen atoms in total. The van der Waals surface area contributed by atoms with E-state index in [1.165, 1.54) is 30.7 Å². The predicted molar refractivity (Wildman–Crippen MR) is 59.1 cm³/mol. The number of carbonyl (C=O) groups excluding carboxylic acids is 1. The predicted octanol–water partition coefficient (Wildman–Crippen LogP) is 2.55. The molecule has 1 aromatic carbocycles. The topological polar surface area (TPSA) is 86.2 Å². The van der Waals surface area contributed by atoms with Crippen molar-refractivity contribution in [3.8, 4) is 0 Å². The maximum absolute atomic E-state index is 10.8. The molecule has 0 N–H and O–H groups in total. The van der Waals surface area contributed by atoms with E-state index < -0.39 is 4.92 Å². The summed E-state index contributed by atoms with van der Waals surface area (Å²) < 4.78 is 4.99. The third-order valence-electron chi connectivity index (χ3n) is 1.92. The number of nitro groups is 1. The quantitative estimate of drug-likeness (QED) is 0.471. The van der Waals surface area contributed by atoms with Gasteiger partial charge in [-0.05, 0) is 17.8 Å². The highest BCUT2D eigenvalue weighted by molar-refractivity contribution is 7.99. The monoisotopic (exact) mass is 250 g/mol. The van der Waals surface area contributed by atoms with Crippen molar-refractivity contribution in [3.05, 3.63) is 46.3 Å². The number of aldehydes is 1. The van der Waals surface area contributed by atoms with Crippen molar-refractivity contribution >= 4 is 23.7 Å². The van der Waals surface area contributed by atoms with E-state index in [0.717, 1.165) is 11.8 Å². The first-order chi connectivity index (χ1) is 8.20. The van der Waals surface area contributed by atoms with Gasteiger partial charge in [0.15, 0.2) is 0 Å². The number of benzene rings is 1. The molecule has 0 saturated carbocycles. The molecule has 0 unspecified atom stereocenters. The Bertz CT molecular complexity index is 553. The number of rotatable bonds is 4. The van der Waals surface area contributed by atoms with Crippen molar-refractivity contribution < 1.29 is 14.1 Å². The lowest BCUT2D eigenvalue weighted by atomic mass is 10.2. The molecule has 0 radical (unpaired) electrons. The minimum absolute atomic E-state index is 0.141. The molecule has 0 aliphatic heterocycles. The first-order valence-corrected chi connectivity index (χ1v) is 5.33. The summed E-state index contributed by atoms with van der Waals surface area (Å²) in [6, 6.07) is 4.22. The fourth-order valence-corrected chi connectivity index (χ4v) is 1.97. The molecule has 0 aliphatic rings. The van der Waals surface area contributed by atoms with Crippen LogP contribution in [-0.2, 0) is 0 Å².